The lowest BCUT2D eigenvalue weighted by Crippen LogP contribution is -2.35. The maximum Gasteiger partial charge on any atom is 0.274 e. The Kier molecular flexibility index (Phi) is 6.42. The molecule has 8 heteroatoms. The Morgan fingerprint density at radius 2 is 1.76 bits per heavy atom. The number of hydrogen-bond donors (Lipinski definition) is 2. The smallest absolute Gasteiger partial charge is 0.274 e. The largest absolute Gasteiger partial charge is 0.382 e. The van der Waals surface area contributed by atoms with Crippen LogP contribution >= 0.6 is 0 Å². The zero-order chi connectivity index (χ0) is 23.3. The van der Waals surface area contributed by atoms with Crippen molar-refractivity contribution in [3.8, 4) is 11.1 Å². The predicted octanol–water partition coefficient (Wildman–Crippen LogP) is 3.04. The number of nitrogens with two attached hydrogens (primary N) is 1. The van der Waals surface area contributed by atoms with Gasteiger partial charge in [-0.15, -0.1) is 0 Å². The highest BCUT2D eigenvalue weighted by molar-refractivity contribution is 5.96. The number of rotatable bonds is 6. The summed E-state index contributed by atoms with van der Waals surface area (Å²) in [6.45, 7) is 4.39. The van der Waals surface area contributed by atoms with E-state index in [4.69, 9.17) is 15.5 Å². The topological polar surface area (TPSA) is 106 Å². The van der Waals surface area contributed by atoms with E-state index in [1.165, 1.54) is 18.0 Å². The molecule has 1 saturated heterocycles. The summed E-state index contributed by atoms with van der Waals surface area (Å²) < 4.78 is 5.51. The summed E-state index contributed by atoms with van der Waals surface area (Å²) in [6.07, 6.45) is 2.91. The van der Waals surface area contributed by atoms with Crippen LogP contribution in [0.1, 0.15) is 21.7 Å². The molecule has 172 valence electrons. The van der Waals surface area contributed by atoms with Gasteiger partial charge in [0.1, 0.15) is 0 Å². The van der Waals surface area contributed by atoms with Crippen LogP contribution in [-0.4, -0.2) is 52.1 Å². The highest BCUT2D eigenvalue weighted by Gasteiger charge is 2.18. The molecular weight excluding hydrogens is 428 g/mol. The van der Waals surface area contributed by atoms with Crippen molar-refractivity contribution in [2.75, 3.05) is 32.0 Å². The summed E-state index contributed by atoms with van der Waals surface area (Å²) in [7, 11) is 0. The summed E-state index contributed by atoms with van der Waals surface area (Å²) in [5.41, 5.74) is 10.9. The SMILES string of the molecule is Nc1nccnc1C(=O)NCc1nc2ccccc2cc1-c1ccccc1CN1CCOCC1. The maximum absolute atomic E-state index is 12.7. The maximum atomic E-state index is 12.7. The average molecular weight is 455 g/mol. The van der Waals surface area contributed by atoms with Crippen LogP contribution in [0.2, 0.25) is 0 Å². The summed E-state index contributed by atoms with van der Waals surface area (Å²) in [6, 6.07) is 18.5. The number of nitrogen functional groups attached to an aromatic ring is 1. The normalized spacial score (nSPS) is 14.2. The lowest BCUT2D eigenvalue weighted by Gasteiger charge is -2.27. The van der Waals surface area contributed by atoms with Gasteiger partial charge in [-0.1, -0.05) is 42.5 Å². The molecule has 1 fully saturated rings. The molecule has 5 rings (SSSR count). The quantitative estimate of drug-likeness (QED) is 0.461. The van der Waals surface area contributed by atoms with E-state index >= 15 is 0 Å². The first-order chi connectivity index (χ1) is 16.7. The van der Waals surface area contributed by atoms with Crippen LogP contribution in [0.25, 0.3) is 22.0 Å². The van der Waals surface area contributed by atoms with Crippen molar-refractivity contribution in [3.63, 3.8) is 0 Å². The zero-order valence-electron chi connectivity index (χ0n) is 18.8. The highest BCUT2D eigenvalue weighted by atomic mass is 16.5. The number of anilines is 1. The molecule has 3 N–H and O–H groups in total. The predicted molar refractivity (Wildman–Crippen MR) is 131 cm³/mol. The molecule has 0 spiro atoms. The van der Waals surface area contributed by atoms with Crippen molar-refractivity contribution in [1.29, 1.82) is 0 Å². The molecule has 8 nitrogen and oxygen atoms in total. The number of carbonyl (C=O) groups is 1. The van der Waals surface area contributed by atoms with Gasteiger partial charge in [-0.05, 0) is 23.3 Å². The molecule has 34 heavy (non-hydrogen) atoms. The third-order valence-corrected chi connectivity index (χ3v) is 5.97. The van der Waals surface area contributed by atoms with Gasteiger partial charge in [0, 0.05) is 43.0 Å². The van der Waals surface area contributed by atoms with E-state index < -0.39 is 0 Å². The van der Waals surface area contributed by atoms with E-state index in [1.54, 1.807) is 0 Å². The Morgan fingerprint density at radius 1 is 1.00 bits per heavy atom. The minimum absolute atomic E-state index is 0.0996. The minimum atomic E-state index is -0.381. The first kappa shape index (κ1) is 21.9. The number of ether oxygens (including phenoxy) is 1. The molecular formula is C26H26N6O2. The van der Waals surface area contributed by atoms with Gasteiger partial charge in [-0.2, -0.15) is 0 Å². The van der Waals surface area contributed by atoms with Gasteiger partial charge >= 0.3 is 0 Å². The molecule has 2 aromatic heterocycles. The first-order valence-electron chi connectivity index (χ1n) is 11.3. The van der Waals surface area contributed by atoms with E-state index in [0.717, 1.165) is 60.6 Å². The van der Waals surface area contributed by atoms with Crippen LogP contribution in [-0.2, 0) is 17.8 Å². The molecule has 0 atom stereocenters. The Morgan fingerprint density at radius 3 is 2.62 bits per heavy atom. The van der Waals surface area contributed by atoms with Crippen LogP contribution in [0.4, 0.5) is 5.82 Å². The Labute approximate surface area is 197 Å². The molecule has 1 amide bonds. The van der Waals surface area contributed by atoms with E-state index in [-0.39, 0.29) is 24.0 Å². The molecule has 1 aliphatic heterocycles. The van der Waals surface area contributed by atoms with Crippen LogP contribution in [0.3, 0.4) is 0 Å². The van der Waals surface area contributed by atoms with Gasteiger partial charge in [0.25, 0.3) is 5.91 Å². The van der Waals surface area contributed by atoms with Gasteiger partial charge < -0.3 is 15.8 Å². The van der Waals surface area contributed by atoms with Crippen LogP contribution in [0, 0.1) is 0 Å². The molecule has 1 aliphatic rings. The number of morpholine rings is 1. The molecule has 0 unspecified atom stereocenters. The third kappa shape index (κ3) is 4.73. The number of fused-ring (bicyclic) bond motifs is 1. The number of nitrogens with one attached hydrogen (secondary N) is 1. The fourth-order valence-electron chi connectivity index (χ4n) is 4.22. The Hall–Kier alpha value is -3.88. The van der Waals surface area contributed by atoms with Crippen molar-refractivity contribution in [2.24, 2.45) is 0 Å². The second-order valence-corrected chi connectivity index (χ2v) is 8.19. The molecule has 3 heterocycles. The summed E-state index contributed by atoms with van der Waals surface area (Å²) in [5.74, 6) is -0.282. The number of benzene rings is 2. The first-order valence-corrected chi connectivity index (χ1v) is 11.3. The van der Waals surface area contributed by atoms with Gasteiger partial charge in [0.15, 0.2) is 11.5 Å². The van der Waals surface area contributed by atoms with Gasteiger partial charge in [0.05, 0.1) is 31.0 Å². The monoisotopic (exact) mass is 454 g/mol. The lowest BCUT2D eigenvalue weighted by atomic mass is 9.96. The summed E-state index contributed by atoms with van der Waals surface area (Å²) in [5, 5.41) is 3.97. The molecule has 0 radical (unpaired) electrons. The number of amides is 1. The second-order valence-electron chi connectivity index (χ2n) is 8.19. The van der Waals surface area contributed by atoms with Crippen LogP contribution in [0.15, 0.2) is 67.0 Å². The molecule has 0 aliphatic carbocycles. The molecule has 0 saturated carbocycles. The average Bonchev–Trinajstić information content (AvgIpc) is 2.88. The van der Waals surface area contributed by atoms with Crippen molar-refractivity contribution in [1.82, 2.24) is 25.2 Å². The fourth-order valence-corrected chi connectivity index (χ4v) is 4.22. The number of aromatic nitrogens is 3. The van der Waals surface area contributed by atoms with Crippen LogP contribution < -0.4 is 11.1 Å². The highest BCUT2D eigenvalue weighted by Crippen LogP contribution is 2.30. The number of nitrogens with zero attached hydrogens (tertiary/aromatic N) is 4. The van der Waals surface area contributed by atoms with Gasteiger partial charge in [-0.3, -0.25) is 14.7 Å². The summed E-state index contributed by atoms with van der Waals surface area (Å²) >= 11 is 0. The molecule has 4 aromatic rings. The number of hydrogen-bond acceptors (Lipinski definition) is 7. The van der Waals surface area contributed by atoms with Gasteiger partial charge in [-0.25, -0.2) is 9.97 Å². The zero-order valence-corrected chi connectivity index (χ0v) is 18.8. The van der Waals surface area contributed by atoms with Crippen molar-refractivity contribution in [3.05, 3.63) is 83.9 Å². The van der Waals surface area contributed by atoms with Gasteiger partial charge in [0.2, 0.25) is 0 Å². The molecule has 0 bridgehead atoms. The Balaban J connectivity index is 1.50. The second kappa shape index (κ2) is 9.94. The van der Waals surface area contributed by atoms with Crippen LogP contribution in [0.5, 0.6) is 0 Å². The fraction of sp³-hybridized carbons (Fsp3) is 0.231. The number of para-hydroxylation sites is 1. The lowest BCUT2D eigenvalue weighted by molar-refractivity contribution is 0.0342. The van der Waals surface area contributed by atoms with Crippen molar-refractivity contribution >= 4 is 22.6 Å². The van der Waals surface area contributed by atoms with E-state index in [9.17, 15) is 4.79 Å². The van der Waals surface area contributed by atoms with E-state index in [2.05, 4.69) is 50.5 Å². The minimum Gasteiger partial charge on any atom is -0.382 e. The number of carbonyl (C=O) groups excluding carboxylic acids is 1. The van der Waals surface area contributed by atoms with E-state index in [1.807, 2.05) is 24.3 Å². The van der Waals surface area contributed by atoms with Crippen molar-refractivity contribution < 1.29 is 9.53 Å². The third-order valence-electron chi connectivity index (χ3n) is 5.97. The summed E-state index contributed by atoms with van der Waals surface area (Å²) in [4.78, 5) is 28.1. The standard InChI is InChI=1S/C26H26N6O2/c27-25-24(28-9-10-29-25)26(33)30-16-23-21(15-18-5-2-4-8-22(18)31-23)20-7-3-1-6-19(20)17-32-11-13-34-14-12-32/h1-10,15H,11-14,16-17H2,(H2,27,29)(H,30,33). The Bertz CT molecular complexity index is 1320. The number of pyridine rings is 1. The van der Waals surface area contributed by atoms with E-state index in [0.29, 0.717) is 0 Å². The van der Waals surface area contributed by atoms with Crippen molar-refractivity contribution in [2.45, 2.75) is 13.1 Å². The molecule has 2 aromatic carbocycles.